The standard InChI is InChI=1S/C18H29NO3Si/c1-14(19-17(20)21)9-7-10-15-11-8-12-16(13-15)22-23(5,6)18(2,3)4/h7-8,10-14,19H,9H2,1-6H3,(H,20,21)/t14-/m0/s1. The van der Waals surface area contributed by atoms with Gasteiger partial charge in [0.1, 0.15) is 5.75 Å². The highest BCUT2D eigenvalue weighted by atomic mass is 28.4. The summed E-state index contributed by atoms with van der Waals surface area (Å²) in [5.74, 6) is 0.899. The van der Waals surface area contributed by atoms with E-state index in [0.717, 1.165) is 11.3 Å². The first-order chi connectivity index (χ1) is 10.5. The Morgan fingerprint density at radius 1 is 1.39 bits per heavy atom. The van der Waals surface area contributed by atoms with E-state index < -0.39 is 14.4 Å². The lowest BCUT2D eigenvalue weighted by atomic mass is 10.1. The molecule has 0 saturated heterocycles. The van der Waals surface area contributed by atoms with E-state index >= 15 is 0 Å². The third-order valence-electron chi connectivity index (χ3n) is 4.21. The van der Waals surface area contributed by atoms with E-state index in [-0.39, 0.29) is 11.1 Å². The molecule has 0 aliphatic carbocycles. The molecule has 1 amide bonds. The van der Waals surface area contributed by atoms with Crippen molar-refractivity contribution in [2.45, 2.75) is 58.3 Å². The van der Waals surface area contributed by atoms with Crippen molar-refractivity contribution in [1.29, 1.82) is 0 Å². The molecule has 0 heterocycles. The molecule has 1 aromatic carbocycles. The van der Waals surface area contributed by atoms with Crippen molar-refractivity contribution in [1.82, 2.24) is 5.32 Å². The lowest BCUT2D eigenvalue weighted by Gasteiger charge is -2.36. The van der Waals surface area contributed by atoms with E-state index in [9.17, 15) is 4.79 Å². The monoisotopic (exact) mass is 335 g/mol. The number of carboxylic acid groups (broad SMARTS) is 1. The molecule has 0 spiro atoms. The van der Waals surface area contributed by atoms with Crippen LogP contribution in [0.1, 0.15) is 39.7 Å². The van der Waals surface area contributed by atoms with E-state index in [2.05, 4.69) is 39.2 Å². The van der Waals surface area contributed by atoms with Gasteiger partial charge in [0.15, 0.2) is 0 Å². The Morgan fingerprint density at radius 2 is 2.04 bits per heavy atom. The lowest BCUT2D eigenvalue weighted by Crippen LogP contribution is -2.43. The summed E-state index contributed by atoms with van der Waals surface area (Å²) in [6.07, 6.45) is 3.64. The maximum atomic E-state index is 10.6. The molecule has 128 valence electrons. The fraction of sp³-hybridized carbons (Fsp3) is 0.500. The molecule has 1 atom stereocenters. The van der Waals surface area contributed by atoms with Gasteiger partial charge in [-0.3, -0.25) is 0 Å². The van der Waals surface area contributed by atoms with Gasteiger partial charge in [-0.25, -0.2) is 4.79 Å². The minimum absolute atomic E-state index is 0.101. The minimum atomic E-state index is -1.84. The smallest absolute Gasteiger partial charge is 0.404 e. The van der Waals surface area contributed by atoms with Crippen molar-refractivity contribution in [3.05, 3.63) is 35.9 Å². The molecule has 0 aliphatic rings. The fourth-order valence-corrected chi connectivity index (χ4v) is 2.83. The van der Waals surface area contributed by atoms with Crippen LogP contribution in [0.15, 0.2) is 30.3 Å². The number of hydrogen-bond acceptors (Lipinski definition) is 2. The van der Waals surface area contributed by atoms with E-state index in [0.29, 0.717) is 6.42 Å². The van der Waals surface area contributed by atoms with Crippen LogP contribution in [0, 0.1) is 0 Å². The third kappa shape index (κ3) is 6.48. The van der Waals surface area contributed by atoms with Crippen molar-refractivity contribution in [3.8, 4) is 5.75 Å². The van der Waals surface area contributed by atoms with Crippen LogP contribution in [0.5, 0.6) is 5.75 Å². The van der Waals surface area contributed by atoms with Crippen LogP contribution in [0.3, 0.4) is 0 Å². The molecule has 2 N–H and O–H groups in total. The summed E-state index contributed by atoms with van der Waals surface area (Å²) in [5.41, 5.74) is 1.06. The number of rotatable bonds is 6. The third-order valence-corrected chi connectivity index (χ3v) is 8.57. The van der Waals surface area contributed by atoms with Crippen LogP contribution in [-0.2, 0) is 0 Å². The van der Waals surface area contributed by atoms with Gasteiger partial charge in [-0.1, -0.05) is 45.1 Å². The maximum Gasteiger partial charge on any atom is 0.404 e. The highest BCUT2D eigenvalue weighted by molar-refractivity contribution is 6.74. The van der Waals surface area contributed by atoms with Crippen LogP contribution < -0.4 is 9.74 Å². The van der Waals surface area contributed by atoms with E-state index in [1.807, 2.05) is 43.3 Å². The highest BCUT2D eigenvalue weighted by Gasteiger charge is 2.38. The van der Waals surface area contributed by atoms with Gasteiger partial charge in [0.2, 0.25) is 8.32 Å². The highest BCUT2D eigenvalue weighted by Crippen LogP contribution is 2.37. The molecule has 5 heteroatoms. The fourth-order valence-electron chi connectivity index (χ4n) is 1.81. The van der Waals surface area contributed by atoms with E-state index in [1.54, 1.807) is 0 Å². The van der Waals surface area contributed by atoms with Crippen LogP contribution >= 0.6 is 0 Å². The van der Waals surface area contributed by atoms with Gasteiger partial charge in [0.05, 0.1) is 0 Å². The molecule has 0 aromatic heterocycles. The molecule has 23 heavy (non-hydrogen) atoms. The Morgan fingerprint density at radius 3 is 2.61 bits per heavy atom. The predicted octanol–water partition coefficient (Wildman–Crippen LogP) is 5.13. The second kappa shape index (κ2) is 7.68. The van der Waals surface area contributed by atoms with Gasteiger partial charge in [0.25, 0.3) is 0 Å². The number of nitrogens with one attached hydrogen (secondary N) is 1. The van der Waals surface area contributed by atoms with Gasteiger partial charge in [-0.15, -0.1) is 0 Å². The molecule has 0 unspecified atom stereocenters. The summed E-state index contributed by atoms with van der Waals surface area (Å²) in [6.45, 7) is 13.0. The zero-order valence-electron chi connectivity index (χ0n) is 15.0. The Labute approximate surface area is 140 Å². The first-order valence-electron chi connectivity index (χ1n) is 7.96. The molecule has 0 fully saturated rings. The molecular formula is C18H29NO3Si. The van der Waals surface area contributed by atoms with Crippen LogP contribution in [0.4, 0.5) is 4.79 Å². The summed E-state index contributed by atoms with van der Waals surface area (Å²) >= 11 is 0. The summed E-state index contributed by atoms with van der Waals surface area (Å²) in [5, 5.41) is 11.3. The van der Waals surface area contributed by atoms with Crippen molar-refractivity contribution in [3.63, 3.8) is 0 Å². The quantitative estimate of drug-likeness (QED) is 0.708. The Bertz CT molecular complexity index is 562. The average Bonchev–Trinajstić information content (AvgIpc) is 2.36. The van der Waals surface area contributed by atoms with Crippen LogP contribution in [0.25, 0.3) is 6.08 Å². The molecular weight excluding hydrogens is 306 g/mol. The Hall–Kier alpha value is -1.75. The summed E-state index contributed by atoms with van der Waals surface area (Å²) in [6, 6.07) is 7.93. The SMILES string of the molecule is C[C@@H](CC=Cc1cccc(O[Si](C)(C)C(C)(C)C)c1)NC(=O)O. The van der Waals surface area contributed by atoms with E-state index in [4.69, 9.17) is 9.53 Å². The molecule has 1 aromatic rings. The average molecular weight is 336 g/mol. The van der Waals surface area contributed by atoms with Crippen molar-refractivity contribution < 1.29 is 14.3 Å². The van der Waals surface area contributed by atoms with Gasteiger partial charge in [-0.2, -0.15) is 0 Å². The molecule has 0 radical (unpaired) electrons. The number of carbonyl (C=O) groups is 1. The Kier molecular flexibility index (Phi) is 6.44. The lowest BCUT2D eigenvalue weighted by molar-refractivity contribution is 0.191. The summed E-state index contributed by atoms with van der Waals surface area (Å²) < 4.78 is 6.30. The summed E-state index contributed by atoms with van der Waals surface area (Å²) in [7, 11) is -1.84. The predicted molar refractivity (Wildman–Crippen MR) is 98.5 cm³/mol. The first kappa shape index (κ1) is 19.3. The number of hydrogen-bond donors (Lipinski definition) is 2. The van der Waals surface area contributed by atoms with Crippen molar-refractivity contribution in [2.75, 3.05) is 0 Å². The largest absolute Gasteiger partial charge is 0.543 e. The maximum absolute atomic E-state index is 10.6. The van der Waals surface area contributed by atoms with Gasteiger partial charge in [0, 0.05) is 6.04 Å². The van der Waals surface area contributed by atoms with E-state index in [1.165, 1.54) is 0 Å². The second-order valence-corrected chi connectivity index (χ2v) is 12.1. The van der Waals surface area contributed by atoms with Crippen molar-refractivity contribution in [2.24, 2.45) is 0 Å². The topological polar surface area (TPSA) is 58.6 Å². The molecule has 0 saturated carbocycles. The molecule has 0 aliphatic heterocycles. The van der Waals surface area contributed by atoms with Gasteiger partial charge < -0.3 is 14.8 Å². The minimum Gasteiger partial charge on any atom is -0.543 e. The molecule has 1 rings (SSSR count). The van der Waals surface area contributed by atoms with Crippen LogP contribution in [-0.4, -0.2) is 25.6 Å². The van der Waals surface area contributed by atoms with Gasteiger partial charge in [-0.05, 0) is 49.2 Å². The number of amides is 1. The van der Waals surface area contributed by atoms with Gasteiger partial charge >= 0.3 is 6.09 Å². The number of benzene rings is 1. The zero-order chi connectivity index (χ0) is 17.7. The summed E-state index contributed by atoms with van der Waals surface area (Å²) in [4.78, 5) is 10.6. The molecule has 4 nitrogen and oxygen atoms in total. The zero-order valence-corrected chi connectivity index (χ0v) is 16.0. The molecule has 0 bridgehead atoms. The Balaban J connectivity index is 2.72. The van der Waals surface area contributed by atoms with Crippen molar-refractivity contribution >= 4 is 20.5 Å². The first-order valence-corrected chi connectivity index (χ1v) is 10.9. The van der Waals surface area contributed by atoms with Crippen LogP contribution in [0.2, 0.25) is 18.1 Å². The second-order valence-electron chi connectivity index (χ2n) is 7.42. The normalized spacial score (nSPS) is 13.8.